The van der Waals surface area contributed by atoms with Gasteiger partial charge in [-0.1, -0.05) is 50.8 Å². The number of nitrogens with one attached hydrogen (secondary N) is 1. The Morgan fingerprint density at radius 3 is 2.67 bits per heavy atom. The Labute approximate surface area is 134 Å². The molecule has 0 radical (unpaired) electrons. The molecule has 2 unspecified atom stereocenters. The van der Waals surface area contributed by atoms with Gasteiger partial charge >= 0.3 is 0 Å². The summed E-state index contributed by atoms with van der Waals surface area (Å²) >= 11 is 2.07. The molecule has 1 aliphatic heterocycles. The van der Waals surface area contributed by atoms with Crippen molar-refractivity contribution in [3.05, 3.63) is 29.8 Å². The van der Waals surface area contributed by atoms with Gasteiger partial charge in [0.15, 0.2) is 0 Å². The van der Waals surface area contributed by atoms with Gasteiger partial charge in [-0.2, -0.15) is 0 Å². The van der Waals surface area contributed by atoms with E-state index in [1.807, 2.05) is 0 Å². The van der Waals surface area contributed by atoms with E-state index >= 15 is 0 Å². The van der Waals surface area contributed by atoms with E-state index in [0.717, 1.165) is 11.8 Å². The van der Waals surface area contributed by atoms with Crippen molar-refractivity contribution in [2.24, 2.45) is 5.92 Å². The van der Waals surface area contributed by atoms with Crippen LogP contribution in [0.2, 0.25) is 0 Å². The van der Waals surface area contributed by atoms with E-state index < -0.39 is 0 Å². The molecule has 1 N–H and O–H groups in total. The first kappa shape index (κ1) is 15.4. The predicted octanol–water partition coefficient (Wildman–Crippen LogP) is 5.21. The number of hydrogen-bond donors (Lipinski definition) is 1. The molecular weight excluding hydrogens is 274 g/mol. The summed E-state index contributed by atoms with van der Waals surface area (Å²) in [4.78, 5) is 1.53. The van der Waals surface area contributed by atoms with E-state index in [-0.39, 0.29) is 0 Å². The lowest BCUT2D eigenvalue weighted by Crippen LogP contribution is -2.41. The first-order valence-corrected chi connectivity index (χ1v) is 9.84. The quantitative estimate of drug-likeness (QED) is 0.749. The molecule has 2 heteroatoms. The summed E-state index contributed by atoms with van der Waals surface area (Å²) in [7, 11) is 0. The van der Waals surface area contributed by atoms with Crippen molar-refractivity contribution in [1.82, 2.24) is 5.32 Å². The molecule has 21 heavy (non-hydrogen) atoms. The lowest BCUT2D eigenvalue weighted by Gasteiger charge is -2.32. The van der Waals surface area contributed by atoms with Crippen molar-refractivity contribution in [1.29, 1.82) is 0 Å². The second-order valence-corrected chi connectivity index (χ2v) is 7.75. The van der Waals surface area contributed by atoms with Gasteiger partial charge in [0.1, 0.15) is 0 Å². The van der Waals surface area contributed by atoms with Gasteiger partial charge in [0.25, 0.3) is 0 Å². The molecule has 1 aromatic rings. The van der Waals surface area contributed by atoms with Crippen molar-refractivity contribution in [2.75, 3.05) is 12.3 Å². The van der Waals surface area contributed by atoms with Crippen LogP contribution in [0.25, 0.3) is 0 Å². The van der Waals surface area contributed by atoms with Crippen molar-refractivity contribution in [2.45, 2.75) is 68.7 Å². The van der Waals surface area contributed by atoms with Gasteiger partial charge in [0.05, 0.1) is 0 Å². The van der Waals surface area contributed by atoms with E-state index in [4.69, 9.17) is 0 Å². The van der Waals surface area contributed by atoms with Crippen molar-refractivity contribution in [3.63, 3.8) is 0 Å². The van der Waals surface area contributed by atoms with Crippen molar-refractivity contribution >= 4 is 11.8 Å². The van der Waals surface area contributed by atoms with Crippen LogP contribution >= 0.6 is 11.8 Å². The van der Waals surface area contributed by atoms with Crippen LogP contribution in [0.5, 0.6) is 0 Å². The van der Waals surface area contributed by atoms with Gasteiger partial charge in [0, 0.05) is 22.6 Å². The van der Waals surface area contributed by atoms with Crippen LogP contribution in [-0.2, 0) is 0 Å². The molecule has 2 atom stereocenters. The van der Waals surface area contributed by atoms with Gasteiger partial charge < -0.3 is 5.32 Å². The Balaban J connectivity index is 1.78. The molecule has 1 aliphatic carbocycles. The summed E-state index contributed by atoms with van der Waals surface area (Å²) in [5.74, 6) is 2.88. The van der Waals surface area contributed by atoms with Gasteiger partial charge in [-0.3, -0.25) is 0 Å². The van der Waals surface area contributed by atoms with E-state index in [9.17, 15) is 0 Å². The summed E-state index contributed by atoms with van der Waals surface area (Å²) in [5.41, 5.74) is 1.61. The molecule has 3 rings (SSSR count). The fraction of sp³-hybridized carbons (Fsp3) is 0.684. The van der Waals surface area contributed by atoms with E-state index in [2.05, 4.69) is 48.3 Å². The van der Waals surface area contributed by atoms with Gasteiger partial charge in [0.2, 0.25) is 0 Å². The second-order valence-electron chi connectivity index (χ2n) is 6.69. The minimum Gasteiger partial charge on any atom is -0.313 e. The van der Waals surface area contributed by atoms with Crippen LogP contribution < -0.4 is 5.32 Å². The summed E-state index contributed by atoms with van der Waals surface area (Å²) in [6, 6.07) is 9.79. The maximum Gasteiger partial charge on any atom is 0.0172 e. The highest BCUT2D eigenvalue weighted by Crippen LogP contribution is 2.44. The normalized spacial score (nSPS) is 24.5. The number of fused-ring (bicyclic) bond motifs is 1. The molecule has 0 spiro atoms. The minimum atomic E-state index is 0.694. The zero-order chi connectivity index (χ0) is 14.5. The number of thioether (sulfide) groups is 1. The van der Waals surface area contributed by atoms with Crippen LogP contribution in [0.15, 0.2) is 29.2 Å². The third-order valence-electron chi connectivity index (χ3n) is 5.21. The summed E-state index contributed by atoms with van der Waals surface area (Å²) in [6.45, 7) is 3.46. The van der Waals surface area contributed by atoms with Crippen LogP contribution in [0, 0.1) is 5.92 Å². The van der Waals surface area contributed by atoms with Gasteiger partial charge in [-0.25, -0.2) is 0 Å². The molecule has 0 amide bonds. The minimum absolute atomic E-state index is 0.694. The molecule has 0 aromatic heterocycles. The zero-order valence-electron chi connectivity index (χ0n) is 13.3. The molecule has 1 saturated carbocycles. The average molecular weight is 304 g/mol. The summed E-state index contributed by atoms with van der Waals surface area (Å²) < 4.78 is 0. The van der Waals surface area contributed by atoms with Crippen LogP contribution in [0.3, 0.4) is 0 Å². The smallest absolute Gasteiger partial charge is 0.0172 e. The first-order chi connectivity index (χ1) is 10.4. The molecule has 1 aromatic carbocycles. The third-order valence-corrected chi connectivity index (χ3v) is 6.42. The Morgan fingerprint density at radius 2 is 1.90 bits per heavy atom. The summed E-state index contributed by atoms with van der Waals surface area (Å²) in [5, 5.41) is 3.94. The topological polar surface area (TPSA) is 12.0 Å². The Bertz CT molecular complexity index is 437. The lowest BCUT2D eigenvalue weighted by molar-refractivity contribution is 0.290. The molecule has 1 nitrogen and oxygen atoms in total. The second kappa shape index (κ2) is 7.69. The molecule has 1 heterocycles. The maximum atomic E-state index is 3.94. The van der Waals surface area contributed by atoms with Crippen LogP contribution in [0.4, 0.5) is 0 Å². The monoisotopic (exact) mass is 303 g/mol. The number of rotatable bonds is 5. The van der Waals surface area contributed by atoms with Crippen LogP contribution in [0.1, 0.15) is 63.4 Å². The highest BCUT2D eigenvalue weighted by molar-refractivity contribution is 7.99. The van der Waals surface area contributed by atoms with E-state index in [1.54, 1.807) is 5.56 Å². The molecule has 1 fully saturated rings. The molecular formula is C19H29NS. The van der Waals surface area contributed by atoms with Crippen molar-refractivity contribution < 1.29 is 0 Å². The maximum absolute atomic E-state index is 3.94. The van der Waals surface area contributed by atoms with Crippen molar-refractivity contribution in [3.8, 4) is 0 Å². The van der Waals surface area contributed by atoms with Gasteiger partial charge in [-0.05, 0) is 43.4 Å². The Kier molecular flexibility index (Phi) is 5.65. The summed E-state index contributed by atoms with van der Waals surface area (Å²) in [6.07, 6.45) is 9.90. The highest BCUT2D eigenvalue weighted by Gasteiger charge is 2.34. The highest BCUT2D eigenvalue weighted by atomic mass is 32.2. The van der Waals surface area contributed by atoms with Crippen LogP contribution in [-0.4, -0.2) is 18.3 Å². The lowest BCUT2D eigenvalue weighted by atomic mass is 9.81. The van der Waals surface area contributed by atoms with E-state index in [0.29, 0.717) is 6.04 Å². The van der Waals surface area contributed by atoms with E-state index in [1.165, 1.54) is 62.1 Å². The zero-order valence-corrected chi connectivity index (χ0v) is 14.1. The number of benzene rings is 1. The standard InChI is InChI=1S/C19H29NS/c1-2-13-20-19(15-9-5-3-4-6-10-15)17-14-21-18-12-8-7-11-16(17)18/h7-8,11-12,15,17,19-20H,2-6,9-10,13-14H2,1H3. The molecule has 2 aliphatic rings. The largest absolute Gasteiger partial charge is 0.313 e. The third kappa shape index (κ3) is 3.65. The molecule has 0 saturated heterocycles. The fourth-order valence-corrected chi connectivity index (χ4v) is 5.41. The Morgan fingerprint density at radius 1 is 1.14 bits per heavy atom. The Hall–Kier alpha value is -0.470. The molecule has 116 valence electrons. The average Bonchev–Trinajstić information content (AvgIpc) is 2.75. The fourth-order valence-electron chi connectivity index (χ4n) is 4.10. The predicted molar refractivity (Wildman–Crippen MR) is 93.2 cm³/mol. The number of hydrogen-bond acceptors (Lipinski definition) is 2. The molecule has 0 bridgehead atoms. The first-order valence-electron chi connectivity index (χ1n) is 8.85. The van der Waals surface area contributed by atoms with Gasteiger partial charge in [-0.15, -0.1) is 11.8 Å². The SMILES string of the molecule is CCCNC(C1CCCCCC1)C1CSc2ccccc21.